The summed E-state index contributed by atoms with van der Waals surface area (Å²) in [5, 5.41) is 12.4. The Morgan fingerprint density at radius 1 is 1.36 bits per heavy atom. The molecule has 1 aromatic heterocycles. The van der Waals surface area contributed by atoms with E-state index in [4.69, 9.17) is 5.73 Å². The molecule has 0 spiro atoms. The van der Waals surface area contributed by atoms with Crippen LogP contribution in [0.25, 0.3) is 10.8 Å². The maximum absolute atomic E-state index is 11.0. The minimum atomic E-state index is -0.487. The Hall–Kier alpha value is -2.10. The second-order valence-corrected chi connectivity index (χ2v) is 2.98. The topological polar surface area (TPSA) is 70.0 Å². The molecule has 70 valence electrons. The number of carbonyl (C=O) groups excluding carboxylic acids is 1. The molecule has 14 heavy (non-hydrogen) atoms. The standard InChI is InChI=1S/C10H8N2O2/c11-10(13)9-3-1-2-7-6-12(14)5-4-8(7)9/h1-6H,(H2,11,13). The zero-order chi connectivity index (χ0) is 10.1. The SMILES string of the molecule is NC(=O)c1cccc2c[n+]([O-])ccc12. The van der Waals surface area contributed by atoms with E-state index in [0.29, 0.717) is 21.1 Å². The smallest absolute Gasteiger partial charge is 0.249 e. The predicted molar refractivity (Wildman–Crippen MR) is 51.4 cm³/mol. The predicted octanol–water partition coefficient (Wildman–Crippen LogP) is 0.572. The number of nitrogens with zero attached hydrogens (tertiary/aromatic N) is 1. The highest BCUT2D eigenvalue weighted by Crippen LogP contribution is 2.15. The van der Waals surface area contributed by atoms with E-state index in [0.717, 1.165) is 0 Å². The molecule has 0 aliphatic carbocycles. The van der Waals surface area contributed by atoms with Crippen molar-refractivity contribution in [1.29, 1.82) is 0 Å². The molecular formula is C10H8N2O2. The number of carbonyl (C=O) groups is 1. The molecule has 1 heterocycles. The van der Waals surface area contributed by atoms with Crippen molar-refractivity contribution in [2.24, 2.45) is 5.73 Å². The molecule has 4 nitrogen and oxygen atoms in total. The van der Waals surface area contributed by atoms with Crippen molar-refractivity contribution in [3.8, 4) is 0 Å². The average molecular weight is 188 g/mol. The summed E-state index contributed by atoms with van der Waals surface area (Å²) >= 11 is 0. The molecule has 0 aliphatic rings. The molecule has 0 saturated carbocycles. The first-order chi connectivity index (χ1) is 6.68. The quantitative estimate of drug-likeness (QED) is 0.525. The first-order valence-corrected chi connectivity index (χ1v) is 4.10. The number of amides is 1. The molecule has 2 rings (SSSR count). The van der Waals surface area contributed by atoms with Gasteiger partial charge >= 0.3 is 0 Å². The van der Waals surface area contributed by atoms with Crippen LogP contribution in [-0.2, 0) is 0 Å². The maximum Gasteiger partial charge on any atom is 0.249 e. The number of benzene rings is 1. The van der Waals surface area contributed by atoms with Crippen molar-refractivity contribution in [1.82, 2.24) is 0 Å². The van der Waals surface area contributed by atoms with Crippen LogP contribution in [0.2, 0.25) is 0 Å². The van der Waals surface area contributed by atoms with Crippen LogP contribution in [0.5, 0.6) is 0 Å². The first-order valence-electron chi connectivity index (χ1n) is 4.10. The number of hydrogen-bond donors (Lipinski definition) is 1. The Kier molecular flexibility index (Phi) is 1.81. The molecule has 0 aliphatic heterocycles. The summed E-state index contributed by atoms with van der Waals surface area (Å²) < 4.78 is 0.688. The van der Waals surface area contributed by atoms with E-state index in [1.54, 1.807) is 24.3 Å². The fourth-order valence-electron chi connectivity index (χ4n) is 1.42. The van der Waals surface area contributed by atoms with E-state index in [-0.39, 0.29) is 0 Å². The lowest BCUT2D eigenvalue weighted by Crippen LogP contribution is -2.24. The highest BCUT2D eigenvalue weighted by molar-refractivity contribution is 6.05. The number of aromatic nitrogens is 1. The lowest BCUT2D eigenvalue weighted by atomic mass is 10.1. The molecule has 4 heteroatoms. The second kappa shape index (κ2) is 2.99. The average Bonchev–Trinajstić information content (AvgIpc) is 2.16. The van der Waals surface area contributed by atoms with Gasteiger partial charge in [-0.1, -0.05) is 6.07 Å². The molecule has 0 saturated heterocycles. The van der Waals surface area contributed by atoms with Crippen LogP contribution in [0.1, 0.15) is 10.4 Å². The summed E-state index contributed by atoms with van der Waals surface area (Å²) in [6.07, 6.45) is 2.75. The summed E-state index contributed by atoms with van der Waals surface area (Å²) in [6.45, 7) is 0. The third kappa shape index (κ3) is 1.26. The van der Waals surface area contributed by atoms with Gasteiger partial charge < -0.3 is 10.9 Å². The van der Waals surface area contributed by atoms with Crippen LogP contribution in [0.3, 0.4) is 0 Å². The summed E-state index contributed by atoms with van der Waals surface area (Å²) in [7, 11) is 0. The normalized spacial score (nSPS) is 10.3. The van der Waals surface area contributed by atoms with Gasteiger partial charge in [0.25, 0.3) is 0 Å². The molecule has 0 bridgehead atoms. The molecule has 1 aromatic carbocycles. The monoisotopic (exact) mass is 188 g/mol. The Labute approximate surface area is 80.2 Å². The Bertz CT molecular complexity index is 508. The van der Waals surface area contributed by atoms with Gasteiger partial charge in [-0.2, -0.15) is 4.73 Å². The van der Waals surface area contributed by atoms with Crippen LogP contribution >= 0.6 is 0 Å². The van der Waals surface area contributed by atoms with E-state index in [2.05, 4.69) is 0 Å². The molecule has 2 aromatic rings. The lowest BCUT2D eigenvalue weighted by molar-refractivity contribution is -0.603. The lowest BCUT2D eigenvalue weighted by Gasteiger charge is -2.02. The van der Waals surface area contributed by atoms with Gasteiger partial charge in [-0.25, -0.2) is 0 Å². The van der Waals surface area contributed by atoms with Crippen molar-refractivity contribution in [3.63, 3.8) is 0 Å². The zero-order valence-electron chi connectivity index (χ0n) is 7.31. The maximum atomic E-state index is 11.0. The summed E-state index contributed by atoms with van der Waals surface area (Å²) in [5.41, 5.74) is 5.63. The molecule has 0 radical (unpaired) electrons. The van der Waals surface area contributed by atoms with Crippen LogP contribution in [0, 0.1) is 5.21 Å². The first kappa shape index (κ1) is 8.50. The summed E-state index contributed by atoms with van der Waals surface area (Å²) in [5.74, 6) is -0.487. The Balaban J connectivity index is 2.81. The number of fused-ring (bicyclic) bond motifs is 1. The van der Waals surface area contributed by atoms with Gasteiger partial charge in [0.2, 0.25) is 5.91 Å². The van der Waals surface area contributed by atoms with Crippen molar-refractivity contribution in [2.45, 2.75) is 0 Å². The number of pyridine rings is 1. The molecule has 1 amide bonds. The highest BCUT2D eigenvalue weighted by Gasteiger charge is 2.07. The van der Waals surface area contributed by atoms with Crippen LogP contribution in [0.15, 0.2) is 36.7 Å². The third-order valence-corrected chi connectivity index (χ3v) is 2.06. The van der Waals surface area contributed by atoms with Crippen LogP contribution in [0.4, 0.5) is 0 Å². The fourth-order valence-corrected chi connectivity index (χ4v) is 1.42. The van der Waals surface area contributed by atoms with Crippen molar-refractivity contribution in [3.05, 3.63) is 47.4 Å². The highest BCUT2D eigenvalue weighted by atomic mass is 16.5. The van der Waals surface area contributed by atoms with E-state index >= 15 is 0 Å². The van der Waals surface area contributed by atoms with Gasteiger partial charge in [0.15, 0.2) is 12.4 Å². The minimum Gasteiger partial charge on any atom is -0.619 e. The molecular weight excluding hydrogens is 180 g/mol. The van der Waals surface area contributed by atoms with Crippen molar-refractivity contribution < 1.29 is 9.52 Å². The van der Waals surface area contributed by atoms with Gasteiger partial charge in [0.1, 0.15) is 0 Å². The van der Waals surface area contributed by atoms with Gasteiger partial charge in [0.05, 0.1) is 0 Å². The summed E-state index contributed by atoms with van der Waals surface area (Å²) in [6, 6.07) is 6.68. The van der Waals surface area contributed by atoms with Crippen LogP contribution < -0.4 is 10.5 Å². The Morgan fingerprint density at radius 3 is 2.86 bits per heavy atom. The van der Waals surface area contributed by atoms with Gasteiger partial charge in [-0.15, -0.1) is 0 Å². The minimum absolute atomic E-state index is 0.433. The van der Waals surface area contributed by atoms with E-state index in [1.165, 1.54) is 12.4 Å². The van der Waals surface area contributed by atoms with E-state index in [9.17, 15) is 10.0 Å². The van der Waals surface area contributed by atoms with E-state index in [1.807, 2.05) is 0 Å². The Morgan fingerprint density at radius 2 is 2.14 bits per heavy atom. The molecule has 0 unspecified atom stereocenters. The molecule has 0 atom stereocenters. The van der Waals surface area contributed by atoms with Crippen molar-refractivity contribution >= 4 is 16.7 Å². The number of primary amides is 1. The van der Waals surface area contributed by atoms with Crippen molar-refractivity contribution in [2.75, 3.05) is 0 Å². The van der Waals surface area contributed by atoms with Gasteiger partial charge in [0, 0.05) is 22.4 Å². The zero-order valence-corrected chi connectivity index (χ0v) is 7.31. The number of hydrogen-bond acceptors (Lipinski definition) is 2. The molecule has 2 N–H and O–H groups in total. The number of nitrogens with two attached hydrogens (primary N) is 1. The van der Waals surface area contributed by atoms with Gasteiger partial charge in [-0.3, -0.25) is 4.79 Å². The molecule has 0 fully saturated rings. The summed E-state index contributed by atoms with van der Waals surface area (Å²) in [4.78, 5) is 11.0. The third-order valence-electron chi connectivity index (χ3n) is 2.06. The van der Waals surface area contributed by atoms with Gasteiger partial charge in [-0.05, 0) is 12.1 Å². The fraction of sp³-hybridized carbons (Fsp3) is 0. The van der Waals surface area contributed by atoms with Crippen LogP contribution in [-0.4, -0.2) is 5.91 Å². The second-order valence-electron chi connectivity index (χ2n) is 2.98. The largest absolute Gasteiger partial charge is 0.619 e. The number of rotatable bonds is 1. The van der Waals surface area contributed by atoms with E-state index < -0.39 is 5.91 Å².